The van der Waals surface area contributed by atoms with Gasteiger partial charge >= 0.3 is 5.97 Å². The van der Waals surface area contributed by atoms with E-state index in [4.69, 9.17) is 4.74 Å². The summed E-state index contributed by atoms with van der Waals surface area (Å²) in [4.78, 5) is 11.1. The fraction of sp³-hybridized carbons (Fsp3) is 0.889. The molecule has 66 valence electrons. The second-order valence-electron chi connectivity index (χ2n) is 2.97. The highest BCUT2D eigenvalue weighted by Crippen LogP contribution is 2.06. The predicted molar refractivity (Wildman–Crippen MR) is 45.3 cm³/mol. The van der Waals surface area contributed by atoms with Crippen LogP contribution in [-0.2, 0) is 9.53 Å². The molecule has 0 spiro atoms. The Morgan fingerprint density at radius 3 is 2.18 bits per heavy atom. The van der Waals surface area contributed by atoms with Crippen molar-refractivity contribution in [2.24, 2.45) is 5.92 Å². The Kier molecular flexibility index (Phi) is 4.92. The molecule has 0 fully saturated rings. The summed E-state index contributed by atoms with van der Waals surface area (Å²) < 4.78 is 5.11. The summed E-state index contributed by atoms with van der Waals surface area (Å²) in [6.07, 6.45) is 1.81. The first-order chi connectivity index (χ1) is 5.11. The minimum Gasteiger partial charge on any atom is -0.462 e. The maximum atomic E-state index is 11.1. The third kappa shape index (κ3) is 4.02. The summed E-state index contributed by atoms with van der Waals surface area (Å²) in [5.74, 6) is -0.0224. The van der Waals surface area contributed by atoms with Crippen LogP contribution in [-0.4, -0.2) is 12.1 Å². The topological polar surface area (TPSA) is 26.3 Å². The Balaban J connectivity index is 3.68. The molecule has 0 aliphatic rings. The highest BCUT2D eigenvalue weighted by atomic mass is 16.5. The van der Waals surface area contributed by atoms with Crippen LogP contribution in [0.25, 0.3) is 0 Å². The lowest BCUT2D eigenvalue weighted by Gasteiger charge is -2.13. The van der Waals surface area contributed by atoms with Gasteiger partial charge in [-0.15, -0.1) is 0 Å². The van der Waals surface area contributed by atoms with Gasteiger partial charge in [-0.25, -0.2) is 0 Å². The van der Waals surface area contributed by atoms with E-state index in [1.807, 2.05) is 27.7 Å². The third-order valence-electron chi connectivity index (χ3n) is 1.91. The number of carbonyl (C=O) groups is 1. The Morgan fingerprint density at radius 2 is 1.82 bits per heavy atom. The van der Waals surface area contributed by atoms with Gasteiger partial charge in [0.2, 0.25) is 0 Å². The number of rotatable bonds is 4. The average Bonchev–Trinajstić information content (AvgIpc) is 2.02. The summed E-state index contributed by atoms with van der Waals surface area (Å²) in [5.41, 5.74) is 0. The molecule has 0 aliphatic carbocycles. The lowest BCUT2D eigenvalue weighted by Crippen LogP contribution is -2.19. The molecule has 0 saturated heterocycles. The van der Waals surface area contributed by atoms with Gasteiger partial charge in [-0.2, -0.15) is 0 Å². The molecule has 0 aromatic rings. The van der Waals surface area contributed by atoms with Crippen LogP contribution < -0.4 is 0 Å². The molecule has 0 saturated carbocycles. The number of hydrogen-bond donors (Lipinski definition) is 0. The molecule has 0 aromatic carbocycles. The van der Waals surface area contributed by atoms with Gasteiger partial charge in [0.25, 0.3) is 0 Å². The Hall–Kier alpha value is -0.530. The fourth-order valence-corrected chi connectivity index (χ4v) is 0.564. The van der Waals surface area contributed by atoms with Gasteiger partial charge in [0, 0.05) is 0 Å². The van der Waals surface area contributed by atoms with Crippen LogP contribution in [0.2, 0.25) is 0 Å². The average molecular weight is 158 g/mol. The molecule has 0 bridgehead atoms. The van der Waals surface area contributed by atoms with Crippen molar-refractivity contribution >= 4 is 5.97 Å². The number of esters is 1. The minimum atomic E-state index is -0.0677. The summed E-state index contributed by atoms with van der Waals surface area (Å²) >= 11 is 0. The van der Waals surface area contributed by atoms with Crippen LogP contribution in [0.4, 0.5) is 0 Å². The van der Waals surface area contributed by atoms with Crippen molar-refractivity contribution in [1.82, 2.24) is 0 Å². The van der Waals surface area contributed by atoms with E-state index < -0.39 is 0 Å². The molecule has 0 aliphatic heterocycles. The minimum absolute atomic E-state index is 0.0454. The largest absolute Gasteiger partial charge is 0.462 e. The summed E-state index contributed by atoms with van der Waals surface area (Å²) in [6, 6.07) is 0. The molecule has 0 heterocycles. The van der Waals surface area contributed by atoms with E-state index in [2.05, 4.69) is 0 Å². The van der Waals surface area contributed by atoms with Crippen molar-refractivity contribution in [3.63, 3.8) is 0 Å². The maximum Gasteiger partial charge on any atom is 0.308 e. The van der Waals surface area contributed by atoms with Crippen molar-refractivity contribution in [2.75, 3.05) is 0 Å². The van der Waals surface area contributed by atoms with Crippen molar-refractivity contribution in [1.29, 1.82) is 0 Å². The van der Waals surface area contributed by atoms with E-state index in [0.717, 1.165) is 12.8 Å². The Bertz CT molecular complexity index is 121. The second kappa shape index (κ2) is 5.16. The van der Waals surface area contributed by atoms with Crippen LogP contribution in [0.1, 0.15) is 40.5 Å². The summed E-state index contributed by atoms with van der Waals surface area (Å²) in [6.45, 7) is 7.81. The van der Waals surface area contributed by atoms with Gasteiger partial charge in [-0.3, -0.25) is 4.79 Å². The molecule has 0 rings (SSSR count). The van der Waals surface area contributed by atoms with Crippen molar-refractivity contribution < 1.29 is 9.53 Å². The van der Waals surface area contributed by atoms with E-state index in [1.165, 1.54) is 0 Å². The van der Waals surface area contributed by atoms with Crippen LogP contribution in [0.15, 0.2) is 0 Å². The third-order valence-corrected chi connectivity index (χ3v) is 1.91. The van der Waals surface area contributed by atoms with Crippen LogP contribution >= 0.6 is 0 Å². The van der Waals surface area contributed by atoms with E-state index >= 15 is 0 Å². The van der Waals surface area contributed by atoms with Gasteiger partial charge in [-0.05, 0) is 19.8 Å². The maximum absolute atomic E-state index is 11.1. The monoisotopic (exact) mass is 158 g/mol. The molecule has 2 atom stereocenters. The smallest absolute Gasteiger partial charge is 0.308 e. The zero-order chi connectivity index (χ0) is 8.85. The van der Waals surface area contributed by atoms with Crippen molar-refractivity contribution in [3.05, 3.63) is 0 Å². The molecular weight excluding hydrogens is 140 g/mol. The lowest BCUT2D eigenvalue weighted by atomic mass is 10.1. The molecule has 0 radical (unpaired) electrons. The molecule has 0 amide bonds. The Labute approximate surface area is 68.9 Å². The molecule has 2 heteroatoms. The van der Waals surface area contributed by atoms with Crippen molar-refractivity contribution in [2.45, 2.75) is 46.6 Å². The molecular formula is C9H18O2. The molecule has 2 nitrogen and oxygen atoms in total. The highest BCUT2D eigenvalue weighted by Gasteiger charge is 2.13. The summed E-state index contributed by atoms with van der Waals surface area (Å²) in [5, 5.41) is 0. The SMILES string of the molecule is CCC(C)OC(=O)C(C)CC. The zero-order valence-electron chi connectivity index (χ0n) is 7.89. The lowest BCUT2D eigenvalue weighted by molar-refractivity contribution is -0.152. The quantitative estimate of drug-likeness (QED) is 0.587. The van der Waals surface area contributed by atoms with E-state index in [-0.39, 0.29) is 18.0 Å². The zero-order valence-corrected chi connectivity index (χ0v) is 7.89. The van der Waals surface area contributed by atoms with Gasteiger partial charge < -0.3 is 4.74 Å². The molecule has 2 unspecified atom stereocenters. The predicted octanol–water partition coefficient (Wildman–Crippen LogP) is 2.37. The van der Waals surface area contributed by atoms with Gasteiger partial charge in [0.1, 0.15) is 0 Å². The second-order valence-corrected chi connectivity index (χ2v) is 2.97. The first-order valence-corrected chi connectivity index (χ1v) is 4.32. The highest BCUT2D eigenvalue weighted by molar-refractivity contribution is 5.72. The van der Waals surface area contributed by atoms with Crippen molar-refractivity contribution in [3.8, 4) is 0 Å². The van der Waals surface area contributed by atoms with Crippen LogP contribution in [0.5, 0.6) is 0 Å². The Morgan fingerprint density at radius 1 is 1.27 bits per heavy atom. The fourth-order valence-electron chi connectivity index (χ4n) is 0.564. The molecule has 0 aromatic heterocycles. The van der Waals surface area contributed by atoms with Crippen LogP contribution in [0, 0.1) is 5.92 Å². The van der Waals surface area contributed by atoms with Gasteiger partial charge in [-0.1, -0.05) is 20.8 Å². The first kappa shape index (κ1) is 10.5. The summed E-state index contributed by atoms with van der Waals surface area (Å²) in [7, 11) is 0. The number of ether oxygens (including phenoxy) is 1. The van der Waals surface area contributed by atoms with E-state index in [9.17, 15) is 4.79 Å². The molecule has 0 N–H and O–H groups in total. The van der Waals surface area contributed by atoms with Gasteiger partial charge in [0.15, 0.2) is 0 Å². The molecule has 11 heavy (non-hydrogen) atoms. The number of hydrogen-bond acceptors (Lipinski definition) is 2. The normalized spacial score (nSPS) is 15.6. The first-order valence-electron chi connectivity index (χ1n) is 4.32. The van der Waals surface area contributed by atoms with E-state index in [1.54, 1.807) is 0 Å². The number of carbonyl (C=O) groups excluding carboxylic acids is 1. The van der Waals surface area contributed by atoms with Gasteiger partial charge in [0.05, 0.1) is 12.0 Å². The van der Waals surface area contributed by atoms with Crippen LogP contribution in [0.3, 0.4) is 0 Å². The van der Waals surface area contributed by atoms with E-state index in [0.29, 0.717) is 0 Å². The standard InChI is InChI=1S/C9H18O2/c1-5-7(3)9(10)11-8(4)6-2/h7-8H,5-6H2,1-4H3.